The van der Waals surface area contributed by atoms with Crippen molar-refractivity contribution in [2.75, 3.05) is 4.90 Å². The minimum absolute atomic E-state index is 0.294. The molecule has 3 aliphatic rings. The molecule has 1 spiro atoms. The summed E-state index contributed by atoms with van der Waals surface area (Å²) in [6.07, 6.45) is 3.46. The van der Waals surface area contributed by atoms with Gasteiger partial charge in [-0.1, -0.05) is 17.7 Å². The number of nitrogens with zero attached hydrogens (tertiary/aromatic N) is 1. The lowest BCUT2D eigenvalue weighted by Crippen LogP contribution is -2.45. The van der Waals surface area contributed by atoms with Crippen molar-refractivity contribution in [2.24, 2.45) is 11.8 Å². The summed E-state index contributed by atoms with van der Waals surface area (Å²) in [6.45, 7) is 5.80. The van der Waals surface area contributed by atoms with Crippen molar-refractivity contribution in [1.29, 1.82) is 0 Å². The summed E-state index contributed by atoms with van der Waals surface area (Å²) in [5.74, 6) is -3.42. The zero-order valence-corrected chi connectivity index (χ0v) is 13.7. The van der Waals surface area contributed by atoms with E-state index in [0.29, 0.717) is 12.1 Å². The quantitative estimate of drug-likeness (QED) is 0.853. The first kappa shape index (κ1) is 16.0. The van der Waals surface area contributed by atoms with Gasteiger partial charge in [-0.15, -0.1) is 6.58 Å². The molecule has 1 aromatic rings. The molecule has 1 aromatic carbocycles. The Labute approximate surface area is 144 Å². The molecular weight excluding hydrogens is 325 g/mol. The highest BCUT2D eigenvalue weighted by Gasteiger charge is 2.71. The van der Waals surface area contributed by atoms with Crippen LogP contribution in [0, 0.1) is 17.7 Å². The minimum atomic E-state index is -1.04. The largest absolute Gasteiger partial charge is 0.481 e. The summed E-state index contributed by atoms with van der Waals surface area (Å²) >= 11 is 0. The van der Waals surface area contributed by atoms with Gasteiger partial charge in [-0.05, 0) is 37.6 Å². The molecule has 2 bridgehead atoms. The number of hydrogen-bond acceptors (Lipinski definition) is 3. The number of carbonyl (C=O) groups excluding carboxylic acids is 1. The molecule has 0 radical (unpaired) electrons. The normalized spacial score (nSPS) is 35.3. The van der Waals surface area contributed by atoms with E-state index >= 15 is 0 Å². The second-order valence-electron chi connectivity index (χ2n) is 7.00. The topological polar surface area (TPSA) is 66.8 Å². The molecule has 130 valence electrons. The predicted molar refractivity (Wildman–Crippen MR) is 88.5 cm³/mol. The van der Waals surface area contributed by atoms with Gasteiger partial charge in [0.25, 0.3) is 0 Å². The van der Waals surface area contributed by atoms with Crippen LogP contribution in [0.2, 0.25) is 0 Å². The minimum Gasteiger partial charge on any atom is -0.481 e. The summed E-state index contributed by atoms with van der Waals surface area (Å²) in [7, 11) is 0. The third kappa shape index (κ3) is 2.10. The number of fused-ring (bicyclic) bond motifs is 1. The van der Waals surface area contributed by atoms with E-state index in [2.05, 4.69) is 6.58 Å². The second kappa shape index (κ2) is 5.26. The van der Waals surface area contributed by atoms with E-state index < -0.39 is 41.4 Å². The second-order valence-corrected chi connectivity index (χ2v) is 7.00. The van der Waals surface area contributed by atoms with Crippen molar-refractivity contribution in [3.8, 4) is 0 Å². The van der Waals surface area contributed by atoms with Crippen molar-refractivity contribution in [1.82, 2.24) is 0 Å². The number of carboxylic acids is 1. The fraction of sp³-hybridized carbons (Fsp3) is 0.368. The van der Waals surface area contributed by atoms with Gasteiger partial charge >= 0.3 is 5.97 Å². The number of aliphatic carboxylic acids is 1. The van der Waals surface area contributed by atoms with Gasteiger partial charge in [-0.25, -0.2) is 4.39 Å². The Hall–Kier alpha value is -2.47. The van der Waals surface area contributed by atoms with Gasteiger partial charge in [0.2, 0.25) is 5.91 Å². The Balaban J connectivity index is 1.84. The van der Waals surface area contributed by atoms with Crippen LogP contribution in [0.15, 0.2) is 48.6 Å². The molecule has 2 fully saturated rings. The van der Waals surface area contributed by atoms with Gasteiger partial charge in [-0.2, -0.15) is 0 Å². The number of rotatable bonds is 4. The van der Waals surface area contributed by atoms with Crippen LogP contribution >= 0.6 is 0 Å². The number of amides is 1. The molecule has 25 heavy (non-hydrogen) atoms. The van der Waals surface area contributed by atoms with Crippen LogP contribution in [0.4, 0.5) is 10.1 Å². The van der Waals surface area contributed by atoms with Crippen molar-refractivity contribution < 1.29 is 23.8 Å². The monoisotopic (exact) mass is 343 g/mol. The lowest BCUT2D eigenvalue weighted by molar-refractivity contribution is -0.146. The van der Waals surface area contributed by atoms with E-state index in [-0.39, 0.29) is 5.91 Å². The average molecular weight is 343 g/mol. The lowest BCUT2D eigenvalue weighted by atomic mass is 9.74. The SMILES string of the molecule is C=C(C)C[C@@H]1N(c2ccc(F)cc2)C(=O)[C@H]2[C@H](C(=O)O)[C@@H]3C=C[C@@]12O3. The Kier molecular flexibility index (Phi) is 3.37. The van der Waals surface area contributed by atoms with Crippen molar-refractivity contribution in [2.45, 2.75) is 31.1 Å². The molecule has 0 aromatic heterocycles. The number of anilines is 1. The molecular formula is C19H18FNO4. The van der Waals surface area contributed by atoms with Crippen LogP contribution in [0.5, 0.6) is 0 Å². The molecule has 5 atom stereocenters. The molecule has 1 N–H and O–H groups in total. The number of carboxylic acid groups (broad SMARTS) is 1. The molecule has 3 aliphatic heterocycles. The number of benzene rings is 1. The van der Waals surface area contributed by atoms with Crippen molar-refractivity contribution >= 4 is 17.6 Å². The van der Waals surface area contributed by atoms with Crippen LogP contribution in [0.3, 0.4) is 0 Å². The van der Waals surface area contributed by atoms with E-state index in [1.807, 2.05) is 13.0 Å². The Morgan fingerprint density at radius 3 is 2.68 bits per heavy atom. The van der Waals surface area contributed by atoms with Gasteiger partial charge in [0, 0.05) is 5.69 Å². The lowest BCUT2D eigenvalue weighted by Gasteiger charge is -2.33. The third-order valence-electron chi connectivity index (χ3n) is 5.35. The van der Waals surface area contributed by atoms with E-state index in [4.69, 9.17) is 4.74 Å². The molecule has 5 nitrogen and oxygen atoms in total. The number of ether oxygens (including phenoxy) is 1. The van der Waals surface area contributed by atoms with E-state index in [1.165, 1.54) is 24.3 Å². The fourth-order valence-electron chi connectivity index (χ4n) is 4.42. The summed E-state index contributed by atoms with van der Waals surface area (Å²) in [6, 6.07) is 5.23. The first-order chi connectivity index (χ1) is 11.8. The van der Waals surface area contributed by atoms with Gasteiger partial charge in [-0.3, -0.25) is 9.59 Å². The number of carbonyl (C=O) groups is 2. The van der Waals surface area contributed by atoms with Crippen molar-refractivity contribution in [3.63, 3.8) is 0 Å². The molecule has 0 saturated carbocycles. The van der Waals surface area contributed by atoms with Crippen LogP contribution in [-0.4, -0.2) is 34.7 Å². The fourth-order valence-corrected chi connectivity index (χ4v) is 4.42. The molecule has 4 rings (SSSR count). The maximum absolute atomic E-state index is 13.3. The molecule has 1 amide bonds. The molecule has 3 heterocycles. The summed E-state index contributed by atoms with van der Waals surface area (Å²) in [4.78, 5) is 26.5. The predicted octanol–water partition coefficient (Wildman–Crippen LogP) is 2.53. The maximum Gasteiger partial charge on any atom is 0.310 e. The van der Waals surface area contributed by atoms with Gasteiger partial charge in [0.15, 0.2) is 0 Å². The highest BCUT2D eigenvalue weighted by Crippen LogP contribution is 2.56. The summed E-state index contributed by atoms with van der Waals surface area (Å²) in [5.41, 5.74) is 0.420. The third-order valence-corrected chi connectivity index (χ3v) is 5.35. The molecule has 6 heteroatoms. The zero-order valence-electron chi connectivity index (χ0n) is 13.7. The Morgan fingerprint density at radius 2 is 2.08 bits per heavy atom. The maximum atomic E-state index is 13.3. The zero-order chi connectivity index (χ0) is 17.9. The van der Waals surface area contributed by atoms with E-state index in [1.54, 1.807) is 11.0 Å². The number of hydrogen-bond donors (Lipinski definition) is 1. The highest BCUT2D eigenvalue weighted by molar-refractivity contribution is 6.03. The van der Waals surface area contributed by atoms with Crippen LogP contribution < -0.4 is 4.90 Å². The van der Waals surface area contributed by atoms with Gasteiger partial charge in [0.05, 0.1) is 18.1 Å². The molecule has 0 unspecified atom stereocenters. The van der Waals surface area contributed by atoms with Crippen LogP contribution in [0.25, 0.3) is 0 Å². The first-order valence-electron chi connectivity index (χ1n) is 8.18. The highest BCUT2D eigenvalue weighted by atomic mass is 19.1. The van der Waals surface area contributed by atoms with Crippen LogP contribution in [0.1, 0.15) is 13.3 Å². The summed E-state index contributed by atoms with van der Waals surface area (Å²) < 4.78 is 19.3. The first-order valence-corrected chi connectivity index (χ1v) is 8.18. The molecule has 2 saturated heterocycles. The Morgan fingerprint density at radius 1 is 1.40 bits per heavy atom. The van der Waals surface area contributed by atoms with Gasteiger partial charge in [0.1, 0.15) is 17.3 Å². The molecule has 0 aliphatic carbocycles. The van der Waals surface area contributed by atoms with E-state index in [9.17, 15) is 19.1 Å². The average Bonchev–Trinajstić information content (AvgIpc) is 3.18. The van der Waals surface area contributed by atoms with Crippen LogP contribution in [-0.2, 0) is 14.3 Å². The van der Waals surface area contributed by atoms with Crippen molar-refractivity contribution in [3.05, 3.63) is 54.4 Å². The number of halogens is 1. The Bertz CT molecular complexity index is 802. The van der Waals surface area contributed by atoms with Gasteiger partial charge < -0.3 is 14.7 Å². The summed E-state index contributed by atoms with van der Waals surface area (Å²) in [5, 5.41) is 9.61. The van der Waals surface area contributed by atoms with E-state index in [0.717, 1.165) is 5.57 Å². The standard InChI is InChI=1S/C19H18FNO4/c1-10(2)9-14-19-8-7-13(25-19)15(18(23)24)16(19)17(22)21(14)12-5-3-11(20)4-6-12/h3-8,13-16H,1,9H2,2H3,(H,23,24)/t13-,14-,15+,16+,19+/m0/s1. The smallest absolute Gasteiger partial charge is 0.310 e.